The molecule has 0 unspecified atom stereocenters. The maximum absolute atomic E-state index is 12.0. The Hall–Kier alpha value is -2.18. The summed E-state index contributed by atoms with van der Waals surface area (Å²) in [5.74, 6) is 0.136. The highest BCUT2D eigenvalue weighted by Crippen LogP contribution is 2.29. The van der Waals surface area contributed by atoms with E-state index in [1.54, 1.807) is 0 Å². The number of rotatable bonds is 6. The molecule has 1 atom stereocenters. The molecule has 1 aromatic heterocycles. The lowest BCUT2D eigenvalue weighted by Crippen LogP contribution is -2.34. The van der Waals surface area contributed by atoms with Gasteiger partial charge < -0.3 is 10.1 Å². The van der Waals surface area contributed by atoms with Crippen LogP contribution in [0.4, 0.5) is 11.5 Å². The van der Waals surface area contributed by atoms with Crippen LogP contribution in [0.2, 0.25) is 0 Å². The van der Waals surface area contributed by atoms with Gasteiger partial charge in [0.1, 0.15) is 6.04 Å². The molecular weight excluding hydrogens is 286 g/mol. The number of methoxy groups -OCH3 is 1. The van der Waals surface area contributed by atoms with Crippen molar-refractivity contribution < 1.29 is 14.5 Å². The SMILES string of the molecule is COC(=O)[C@H](CC1CCCCC1)Nc1ncccc1[N+](=O)[O-]. The number of esters is 1. The van der Waals surface area contributed by atoms with Crippen molar-refractivity contribution in [1.82, 2.24) is 4.98 Å². The Balaban J connectivity index is 2.12. The summed E-state index contributed by atoms with van der Waals surface area (Å²) in [4.78, 5) is 26.5. The summed E-state index contributed by atoms with van der Waals surface area (Å²) in [5, 5.41) is 13.9. The fourth-order valence-electron chi connectivity index (χ4n) is 2.93. The van der Waals surface area contributed by atoms with Gasteiger partial charge in [-0.2, -0.15) is 0 Å². The minimum Gasteiger partial charge on any atom is -0.467 e. The smallest absolute Gasteiger partial charge is 0.328 e. The number of hydrogen-bond donors (Lipinski definition) is 1. The van der Waals surface area contributed by atoms with Crippen molar-refractivity contribution in [2.24, 2.45) is 5.92 Å². The standard InChI is InChI=1S/C15H21N3O4/c1-22-15(19)12(10-11-6-3-2-4-7-11)17-14-13(18(20)21)8-5-9-16-14/h5,8-9,11-12H,2-4,6-7,10H2,1H3,(H,16,17)/t12-/m0/s1. The van der Waals surface area contributed by atoms with E-state index in [9.17, 15) is 14.9 Å². The number of nitro groups is 1. The Kier molecular flexibility index (Phi) is 5.68. The molecule has 1 aliphatic rings. The van der Waals surface area contributed by atoms with Crippen LogP contribution in [0.5, 0.6) is 0 Å². The van der Waals surface area contributed by atoms with Crippen molar-refractivity contribution in [1.29, 1.82) is 0 Å². The Labute approximate surface area is 129 Å². The van der Waals surface area contributed by atoms with Gasteiger partial charge in [-0.15, -0.1) is 0 Å². The number of carbonyl (C=O) groups excluding carboxylic acids is 1. The average molecular weight is 307 g/mol. The third-order valence-corrected chi connectivity index (χ3v) is 4.07. The fourth-order valence-corrected chi connectivity index (χ4v) is 2.93. The molecule has 1 aromatic rings. The predicted octanol–water partition coefficient (Wildman–Crippen LogP) is 2.91. The maximum Gasteiger partial charge on any atom is 0.328 e. The number of pyridine rings is 1. The molecule has 0 bridgehead atoms. The molecule has 0 aromatic carbocycles. The molecular formula is C15H21N3O4. The van der Waals surface area contributed by atoms with E-state index in [-0.39, 0.29) is 11.5 Å². The molecule has 0 radical (unpaired) electrons. The van der Waals surface area contributed by atoms with Crippen LogP contribution in [-0.2, 0) is 9.53 Å². The summed E-state index contributed by atoms with van der Waals surface area (Å²) in [6.45, 7) is 0. The lowest BCUT2D eigenvalue weighted by molar-refractivity contribution is -0.384. The van der Waals surface area contributed by atoms with Gasteiger partial charge in [0.2, 0.25) is 5.82 Å². The first-order valence-electron chi connectivity index (χ1n) is 7.55. The minimum atomic E-state index is -0.610. The average Bonchev–Trinajstić information content (AvgIpc) is 2.54. The summed E-state index contributed by atoms with van der Waals surface area (Å²) in [6, 6.07) is 2.25. The van der Waals surface area contributed by atoms with Gasteiger partial charge in [0.05, 0.1) is 12.0 Å². The van der Waals surface area contributed by atoms with Gasteiger partial charge in [-0.25, -0.2) is 9.78 Å². The van der Waals surface area contributed by atoms with Gasteiger partial charge in [-0.05, 0) is 18.4 Å². The van der Waals surface area contributed by atoms with Crippen LogP contribution in [0.3, 0.4) is 0 Å². The Morgan fingerprint density at radius 2 is 2.23 bits per heavy atom. The highest BCUT2D eigenvalue weighted by Gasteiger charge is 2.27. The van der Waals surface area contributed by atoms with Gasteiger partial charge in [0.15, 0.2) is 0 Å². The first-order chi connectivity index (χ1) is 10.6. The molecule has 2 rings (SSSR count). The maximum atomic E-state index is 12.0. The van der Waals surface area contributed by atoms with Gasteiger partial charge in [-0.3, -0.25) is 10.1 Å². The zero-order chi connectivity index (χ0) is 15.9. The molecule has 1 saturated carbocycles. The van der Waals surface area contributed by atoms with Crippen molar-refractivity contribution in [3.05, 3.63) is 28.4 Å². The molecule has 1 N–H and O–H groups in total. The lowest BCUT2D eigenvalue weighted by Gasteiger charge is -2.25. The van der Waals surface area contributed by atoms with Crippen LogP contribution in [0.15, 0.2) is 18.3 Å². The third kappa shape index (κ3) is 4.16. The lowest BCUT2D eigenvalue weighted by atomic mass is 9.85. The van der Waals surface area contributed by atoms with E-state index in [0.29, 0.717) is 12.3 Å². The molecule has 0 amide bonds. The van der Waals surface area contributed by atoms with E-state index in [1.165, 1.54) is 44.7 Å². The highest BCUT2D eigenvalue weighted by molar-refractivity contribution is 5.79. The van der Waals surface area contributed by atoms with Crippen LogP contribution >= 0.6 is 0 Å². The number of aromatic nitrogens is 1. The summed E-state index contributed by atoms with van der Waals surface area (Å²) in [6.07, 6.45) is 7.81. The minimum absolute atomic E-state index is 0.110. The highest BCUT2D eigenvalue weighted by atomic mass is 16.6. The topological polar surface area (TPSA) is 94.4 Å². The van der Waals surface area contributed by atoms with Crippen LogP contribution in [0, 0.1) is 16.0 Å². The molecule has 7 nitrogen and oxygen atoms in total. The first-order valence-corrected chi connectivity index (χ1v) is 7.55. The number of nitrogens with zero attached hydrogens (tertiary/aromatic N) is 2. The van der Waals surface area contributed by atoms with E-state index < -0.39 is 16.9 Å². The van der Waals surface area contributed by atoms with E-state index in [4.69, 9.17) is 4.74 Å². The van der Waals surface area contributed by atoms with Crippen molar-refractivity contribution in [2.75, 3.05) is 12.4 Å². The fraction of sp³-hybridized carbons (Fsp3) is 0.600. The van der Waals surface area contributed by atoms with Gasteiger partial charge in [-0.1, -0.05) is 32.1 Å². The van der Waals surface area contributed by atoms with Crippen LogP contribution in [0.1, 0.15) is 38.5 Å². The Morgan fingerprint density at radius 1 is 1.50 bits per heavy atom. The zero-order valence-electron chi connectivity index (χ0n) is 12.7. The van der Waals surface area contributed by atoms with Crippen molar-refractivity contribution in [2.45, 2.75) is 44.6 Å². The number of ether oxygens (including phenoxy) is 1. The van der Waals surface area contributed by atoms with Gasteiger partial charge >= 0.3 is 11.7 Å². The number of nitrogens with one attached hydrogen (secondary N) is 1. The normalized spacial score (nSPS) is 16.8. The molecule has 1 aliphatic carbocycles. The number of hydrogen-bond acceptors (Lipinski definition) is 6. The van der Waals surface area contributed by atoms with Crippen LogP contribution in [-0.4, -0.2) is 29.0 Å². The van der Waals surface area contributed by atoms with Crippen molar-refractivity contribution in [3.8, 4) is 0 Å². The molecule has 120 valence electrons. The molecule has 22 heavy (non-hydrogen) atoms. The van der Waals surface area contributed by atoms with Crippen LogP contribution in [0.25, 0.3) is 0 Å². The summed E-state index contributed by atoms with van der Waals surface area (Å²) < 4.78 is 4.83. The van der Waals surface area contributed by atoms with E-state index in [0.717, 1.165) is 12.8 Å². The number of carbonyl (C=O) groups is 1. The third-order valence-electron chi connectivity index (χ3n) is 4.07. The molecule has 7 heteroatoms. The molecule has 1 heterocycles. The molecule has 0 saturated heterocycles. The van der Waals surface area contributed by atoms with Gasteiger partial charge in [0.25, 0.3) is 0 Å². The largest absolute Gasteiger partial charge is 0.467 e. The van der Waals surface area contributed by atoms with Crippen molar-refractivity contribution >= 4 is 17.5 Å². The van der Waals surface area contributed by atoms with E-state index in [2.05, 4.69) is 10.3 Å². The quantitative estimate of drug-likeness (QED) is 0.493. The summed E-state index contributed by atoms with van der Waals surface area (Å²) in [5.41, 5.74) is -0.139. The molecule has 0 aliphatic heterocycles. The second kappa shape index (κ2) is 7.72. The predicted molar refractivity (Wildman–Crippen MR) is 81.5 cm³/mol. The second-order valence-electron chi connectivity index (χ2n) is 5.59. The summed E-state index contributed by atoms with van der Waals surface area (Å²) >= 11 is 0. The van der Waals surface area contributed by atoms with E-state index >= 15 is 0 Å². The summed E-state index contributed by atoms with van der Waals surface area (Å²) in [7, 11) is 1.32. The zero-order valence-corrected chi connectivity index (χ0v) is 12.7. The second-order valence-corrected chi connectivity index (χ2v) is 5.59. The van der Waals surface area contributed by atoms with Crippen molar-refractivity contribution in [3.63, 3.8) is 0 Å². The Bertz CT molecular complexity index is 529. The first kappa shape index (κ1) is 16.2. The van der Waals surface area contributed by atoms with E-state index in [1.807, 2.05) is 0 Å². The van der Waals surface area contributed by atoms with Crippen LogP contribution < -0.4 is 5.32 Å². The molecule has 0 spiro atoms. The monoisotopic (exact) mass is 307 g/mol. The molecule has 1 fully saturated rings. The Morgan fingerprint density at radius 3 is 2.86 bits per heavy atom. The number of anilines is 1. The van der Waals surface area contributed by atoms with Gasteiger partial charge in [0, 0.05) is 12.3 Å².